The van der Waals surface area contributed by atoms with Crippen LogP contribution in [0, 0.1) is 32.6 Å². The Balaban J connectivity index is 0.000000576. The highest BCUT2D eigenvalue weighted by Gasteiger charge is 2.30. The summed E-state index contributed by atoms with van der Waals surface area (Å²) < 4.78 is 0. The van der Waals surface area contributed by atoms with Gasteiger partial charge in [0.15, 0.2) is 0 Å². The van der Waals surface area contributed by atoms with E-state index in [0.29, 0.717) is 5.92 Å². The molecule has 0 spiro atoms. The third-order valence-corrected chi connectivity index (χ3v) is 6.15. The smallest absolute Gasteiger partial charge is 0.237 e. The van der Waals surface area contributed by atoms with E-state index in [2.05, 4.69) is 89.7 Å². The first kappa shape index (κ1) is 35.6. The van der Waals surface area contributed by atoms with Gasteiger partial charge in [0.05, 0.1) is 17.1 Å². The van der Waals surface area contributed by atoms with Gasteiger partial charge < -0.3 is 0 Å². The molecule has 3 aromatic rings. The summed E-state index contributed by atoms with van der Waals surface area (Å²) in [5.74, 6) is 5.84. The average Bonchev–Trinajstić information content (AvgIpc) is 2.97. The van der Waals surface area contributed by atoms with E-state index in [1.54, 1.807) is 13.4 Å². The summed E-state index contributed by atoms with van der Waals surface area (Å²) in [6.07, 6.45) is 4.74. The van der Waals surface area contributed by atoms with Crippen LogP contribution in [0.25, 0.3) is 0 Å². The Hall–Kier alpha value is -3.38. The zero-order chi connectivity index (χ0) is 29.8. The summed E-state index contributed by atoms with van der Waals surface area (Å²) in [5.41, 5.74) is 9.81. The fourth-order valence-electron chi connectivity index (χ4n) is 3.98. The molecule has 0 radical (unpaired) electrons. The van der Waals surface area contributed by atoms with Gasteiger partial charge in [0.1, 0.15) is 6.33 Å². The monoisotopic (exact) mass is 533 g/mol. The number of carbonyl (C=O) groups is 1. The number of aromatic nitrogens is 2. The highest BCUT2D eigenvalue weighted by Crippen LogP contribution is 2.32. The van der Waals surface area contributed by atoms with Crippen molar-refractivity contribution in [2.75, 3.05) is 7.05 Å². The first-order valence-corrected chi connectivity index (χ1v) is 14.2. The molecule has 0 bridgehead atoms. The average molecular weight is 534 g/mol. The standard InChI is InChI=1S/C15H17N3.C8H10.C6H12N2O.2C2H6/c1-10-5-7-13(8-6-10)15(16-4)14-11(2)17-9-18-12(14)3;1-2-8-6-4-3-5-7-8;1-4-2-5(3-4)6(9)8-7;2*1-2/h5-9H,1-4H3;3-7H,2H2,1H3;4-5H,2-3,7H2,1H3,(H,8,9);2*1-2H3. The van der Waals surface area contributed by atoms with Crippen LogP contribution in [0.1, 0.15) is 88.0 Å². The van der Waals surface area contributed by atoms with Crippen LogP contribution in [-0.4, -0.2) is 28.6 Å². The molecule has 0 aliphatic heterocycles. The molecular weight excluding hydrogens is 482 g/mol. The van der Waals surface area contributed by atoms with Crippen molar-refractivity contribution in [3.63, 3.8) is 0 Å². The van der Waals surface area contributed by atoms with E-state index >= 15 is 0 Å². The highest BCUT2D eigenvalue weighted by atomic mass is 16.2. The van der Waals surface area contributed by atoms with Crippen LogP contribution in [0.5, 0.6) is 0 Å². The molecule has 39 heavy (non-hydrogen) atoms. The molecule has 1 saturated carbocycles. The van der Waals surface area contributed by atoms with E-state index in [4.69, 9.17) is 5.84 Å². The van der Waals surface area contributed by atoms with E-state index in [1.807, 2.05) is 47.6 Å². The molecule has 1 aromatic heterocycles. The number of carbonyl (C=O) groups excluding carboxylic acids is 1. The predicted molar refractivity (Wildman–Crippen MR) is 167 cm³/mol. The van der Waals surface area contributed by atoms with Crippen LogP contribution in [0.4, 0.5) is 0 Å². The molecule has 4 rings (SSSR count). The molecule has 1 heterocycles. The second kappa shape index (κ2) is 20.6. The lowest BCUT2D eigenvalue weighted by atomic mass is 9.76. The number of hydrogen-bond donors (Lipinski definition) is 2. The fraction of sp³-hybridized carbons (Fsp3) is 0.455. The van der Waals surface area contributed by atoms with Gasteiger partial charge in [-0.1, -0.05) is 102 Å². The number of benzene rings is 2. The minimum absolute atomic E-state index is 0.00639. The van der Waals surface area contributed by atoms with E-state index in [1.165, 1.54) is 11.1 Å². The number of hydrazine groups is 1. The maximum atomic E-state index is 10.7. The summed E-state index contributed by atoms with van der Waals surface area (Å²) in [6, 6.07) is 18.8. The Morgan fingerprint density at radius 2 is 1.44 bits per heavy atom. The summed E-state index contributed by atoms with van der Waals surface area (Å²) >= 11 is 0. The third kappa shape index (κ3) is 12.3. The first-order valence-electron chi connectivity index (χ1n) is 14.2. The van der Waals surface area contributed by atoms with Crippen molar-refractivity contribution < 1.29 is 4.79 Å². The van der Waals surface area contributed by atoms with Crippen molar-refractivity contribution in [2.24, 2.45) is 22.7 Å². The third-order valence-electron chi connectivity index (χ3n) is 6.15. The molecule has 6 nitrogen and oxygen atoms in total. The van der Waals surface area contributed by atoms with Crippen molar-refractivity contribution in [3.05, 3.63) is 94.6 Å². The van der Waals surface area contributed by atoms with Crippen molar-refractivity contribution in [1.82, 2.24) is 15.4 Å². The maximum Gasteiger partial charge on any atom is 0.237 e. The lowest BCUT2D eigenvalue weighted by molar-refractivity contribution is -0.128. The topological polar surface area (TPSA) is 93.3 Å². The van der Waals surface area contributed by atoms with Crippen molar-refractivity contribution >= 4 is 11.6 Å². The van der Waals surface area contributed by atoms with Crippen LogP contribution < -0.4 is 11.3 Å². The van der Waals surface area contributed by atoms with E-state index in [0.717, 1.165) is 47.5 Å². The molecule has 214 valence electrons. The van der Waals surface area contributed by atoms with Gasteiger partial charge >= 0.3 is 0 Å². The number of hydrogen-bond acceptors (Lipinski definition) is 5. The molecular formula is C33H51N5O. The second-order valence-electron chi connectivity index (χ2n) is 8.98. The van der Waals surface area contributed by atoms with Crippen molar-refractivity contribution in [3.8, 4) is 0 Å². The van der Waals surface area contributed by atoms with Gasteiger partial charge in [0.2, 0.25) is 5.91 Å². The summed E-state index contributed by atoms with van der Waals surface area (Å²) in [4.78, 5) is 23.6. The normalized spacial score (nSPS) is 15.2. The van der Waals surface area contributed by atoms with Gasteiger partial charge in [-0.15, -0.1) is 0 Å². The molecule has 3 N–H and O–H groups in total. The van der Waals surface area contributed by atoms with Gasteiger partial charge in [0, 0.05) is 24.1 Å². The van der Waals surface area contributed by atoms with Crippen LogP contribution >= 0.6 is 0 Å². The zero-order valence-electron chi connectivity index (χ0n) is 25.9. The molecule has 6 heteroatoms. The molecule has 1 fully saturated rings. The fourth-order valence-corrected chi connectivity index (χ4v) is 3.98. The molecule has 2 aromatic carbocycles. The SMILES string of the molecule is CC.CC.CC1CC(C(=O)NN)C1.CCc1ccccc1.CN=C(c1ccc(C)cc1)c1c(C)ncnc1C. The maximum absolute atomic E-state index is 10.7. The number of nitrogens with two attached hydrogens (primary N) is 1. The Kier molecular flexibility index (Phi) is 18.8. The number of nitrogens with zero attached hydrogens (tertiary/aromatic N) is 3. The molecule has 0 saturated heterocycles. The highest BCUT2D eigenvalue weighted by molar-refractivity contribution is 6.14. The predicted octanol–water partition coefficient (Wildman–Crippen LogP) is 7.19. The zero-order valence-corrected chi connectivity index (χ0v) is 25.9. The van der Waals surface area contributed by atoms with Crippen LogP contribution in [0.15, 0.2) is 65.9 Å². The van der Waals surface area contributed by atoms with Gasteiger partial charge in [-0.3, -0.25) is 15.2 Å². The molecule has 1 aliphatic rings. The van der Waals surface area contributed by atoms with E-state index in [9.17, 15) is 4.79 Å². The Morgan fingerprint density at radius 3 is 1.82 bits per heavy atom. The minimum Gasteiger partial charge on any atom is -0.294 e. The lowest BCUT2D eigenvalue weighted by Gasteiger charge is -2.30. The van der Waals surface area contributed by atoms with Gasteiger partial charge in [-0.2, -0.15) is 0 Å². The van der Waals surface area contributed by atoms with E-state index in [-0.39, 0.29) is 11.8 Å². The van der Waals surface area contributed by atoms with E-state index < -0.39 is 0 Å². The number of aryl methyl sites for hydroxylation is 4. The molecule has 0 unspecified atom stereocenters. The number of rotatable bonds is 4. The van der Waals surface area contributed by atoms with Crippen molar-refractivity contribution in [1.29, 1.82) is 0 Å². The van der Waals surface area contributed by atoms with Crippen molar-refractivity contribution in [2.45, 2.75) is 81.6 Å². The quantitative estimate of drug-likeness (QED) is 0.161. The Labute approximate surface area is 237 Å². The molecule has 0 atom stereocenters. The Bertz CT molecular complexity index is 1070. The van der Waals surface area contributed by atoms with Crippen LogP contribution in [0.3, 0.4) is 0 Å². The second-order valence-corrected chi connectivity index (χ2v) is 8.98. The Morgan fingerprint density at radius 1 is 0.923 bits per heavy atom. The van der Waals surface area contributed by atoms with Gasteiger partial charge in [0.25, 0.3) is 0 Å². The summed E-state index contributed by atoms with van der Waals surface area (Å²) in [5, 5.41) is 0. The van der Waals surface area contributed by atoms with Gasteiger partial charge in [-0.25, -0.2) is 15.8 Å². The minimum atomic E-state index is -0.00639. The number of aliphatic imine (C=N–C) groups is 1. The summed E-state index contributed by atoms with van der Waals surface area (Å²) in [6.45, 7) is 18.4. The largest absolute Gasteiger partial charge is 0.294 e. The van der Waals surface area contributed by atoms with Crippen LogP contribution in [0.2, 0.25) is 0 Å². The first-order chi connectivity index (χ1) is 18.8. The molecule has 1 amide bonds. The molecule has 1 aliphatic carbocycles. The number of nitrogens with one attached hydrogen (secondary N) is 1. The lowest BCUT2D eigenvalue weighted by Crippen LogP contribution is -2.41. The van der Waals surface area contributed by atoms with Gasteiger partial charge in [-0.05, 0) is 51.5 Å². The van der Waals surface area contributed by atoms with Crippen LogP contribution in [-0.2, 0) is 11.2 Å². The summed E-state index contributed by atoms with van der Waals surface area (Å²) in [7, 11) is 1.81. The number of amides is 1.